The summed E-state index contributed by atoms with van der Waals surface area (Å²) < 4.78 is 25.9. The van der Waals surface area contributed by atoms with E-state index in [4.69, 9.17) is 0 Å². The molecule has 4 nitrogen and oxygen atoms in total. The molecule has 0 aromatic heterocycles. The summed E-state index contributed by atoms with van der Waals surface area (Å²) in [6.07, 6.45) is 3.25. The Balaban J connectivity index is 1.88. The second kappa shape index (κ2) is 2.24. The minimum atomic E-state index is -3.33. The summed E-state index contributed by atoms with van der Waals surface area (Å²) >= 11 is 0. The Morgan fingerprint density at radius 2 is 1.73 bits per heavy atom. The van der Waals surface area contributed by atoms with Crippen molar-refractivity contribution < 1.29 is 13.2 Å². The van der Waals surface area contributed by atoms with Gasteiger partial charge in [-0.15, -0.1) is 0 Å². The molecule has 82 valence electrons. The van der Waals surface area contributed by atoms with Crippen LogP contribution in [0.25, 0.3) is 0 Å². The van der Waals surface area contributed by atoms with Crippen LogP contribution < -0.4 is 4.72 Å². The number of hydrogen-bond donors (Lipinski definition) is 1. The quantitative estimate of drug-likeness (QED) is 0.638. The van der Waals surface area contributed by atoms with Gasteiger partial charge in [-0.05, 0) is 42.9 Å². The molecule has 1 saturated heterocycles. The van der Waals surface area contributed by atoms with Crippen molar-refractivity contribution in [2.45, 2.75) is 24.5 Å². The average Bonchev–Trinajstić information content (AvgIpc) is 2.92. The maximum atomic E-state index is 11.8. The van der Waals surface area contributed by atoms with Crippen LogP contribution in [-0.2, 0) is 14.8 Å². The molecule has 1 aliphatic heterocycles. The Labute approximate surface area is 88.5 Å². The van der Waals surface area contributed by atoms with E-state index in [1.165, 1.54) is 6.42 Å². The minimum Gasteiger partial charge on any atom is -0.274 e. The zero-order chi connectivity index (χ0) is 10.4. The third-order valence-electron chi connectivity index (χ3n) is 4.97. The van der Waals surface area contributed by atoms with Crippen molar-refractivity contribution in [1.29, 1.82) is 0 Å². The highest BCUT2D eigenvalue weighted by Gasteiger charge is 2.68. The Morgan fingerprint density at radius 3 is 2.53 bits per heavy atom. The van der Waals surface area contributed by atoms with E-state index in [1.54, 1.807) is 0 Å². The van der Waals surface area contributed by atoms with Gasteiger partial charge >= 0.3 is 0 Å². The van der Waals surface area contributed by atoms with Gasteiger partial charge in [0.2, 0.25) is 15.9 Å². The molecule has 0 aromatic rings. The van der Waals surface area contributed by atoms with Gasteiger partial charge in [-0.25, -0.2) is 8.42 Å². The van der Waals surface area contributed by atoms with Gasteiger partial charge in [0.05, 0.1) is 11.2 Å². The van der Waals surface area contributed by atoms with E-state index in [9.17, 15) is 13.2 Å². The highest BCUT2D eigenvalue weighted by molar-refractivity contribution is 7.91. The van der Waals surface area contributed by atoms with E-state index in [0.717, 1.165) is 12.8 Å². The molecule has 4 aliphatic carbocycles. The molecule has 1 amide bonds. The van der Waals surface area contributed by atoms with Gasteiger partial charge in [0.15, 0.2) is 0 Å². The number of carbonyl (C=O) groups excluding carboxylic acids is 1. The van der Waals surface area contributed by atoms with E-state index >= 15 is 0 Å². The summed E-state index contributed by atoms with van der Waals surface area (Å²) in [7, 11) is -3.33. The summed E-state index contributed by atoms with van der Waals surface area (Å²) in [4.78, 5) is 11.7. The van der Waals surface area contributed by atoms with Gasteiger partial charge in [0.25, 0.3) is 0 Å². The SMILES string of the molecule is O=C1NS(=O)(=O)C2C3CCC(C4CC43)C12. The standard InChI is InChI=1S/C10H13NO3S/c12-10-8-4-1-2-5(7-3-6(4)7)9(8)15(13,14)11-10/h4-9H,1-3H2,(H,11,12). The van der Waals surface area contributed by atoms with E-state index in [0.29, 0.717) is 17.8 Å². The lowest BCUT2D eigenvalue weighted by molar-refractivity contribution is -0.126. The predicted molar refractivity (Wildman–Crippen MR) is 52.2 cm³/mol. The van der Waals surface area contributed by atoms with Crippen molar-refractivity contribution in [2.24, 2.45) is 29.6 Å². The summed E-state index contributed by atoms with van der Waals surface area (Å²) in [5, 5.41) is -0.382. The lowest BCUT2D eigenvalue weighted by atomic mass is 9.64. The summed E-state index contributed by atoms with van der Waals surface area (Å²) in [5.74, 6) is 1.49. The maximum absolute atomic E-state index is 11.8. The van der Waals surface area contributed by atoms with Crippen LogP contribution in [-0.4, -0.2) is 19.6 Å². The van der Waals surface area contributed by atoms with Gasteiger partial charge in [-0.3, -0.25) is 9.52 Å². The van der Waals surface area contributed by atoms with Crippen LogP contribution in [0.15, 0.2) is 0 Å². The zero-order valence-electron chi connectivity index (χ0n) is 8.22. The smallest absolute Gasteiger partial charge is 0.238 e. The number of hydrogen-bond acceptors (Lipinski definition) is 3. The van der Waals surface area contributed by atoms with Crippen LogP contribution in [0.3, 0.4) is 0 Å². The fraction of sp³-hybridized carbons (Fsp3) is 0.900. The first-order valence-electron chi connectivity index (χ1n) is 5.65. The molecular weight excluding hydrogens is 214 g/mol. The molecule has 0 aromatic carbocycles. The first kappa shape index (κ1) is 8.56. The maximum Gasteiger partial charge on any atom is 0.238 e. The average molecular weight is 227 g/mol. The highest BCUT2D eigenvalue weighted by atomic mass is 32.2. The highest BCUT2D eigenvalue weighted by Crippen LogP contribution is 2.66. The van der Waals surface area contributed by atoms with E-state index in [2.05, 4.69) is 4.72 Å². The summed E-state index contributed by atoms with van der Waals surface area (Å²) in [6.45, 7) is 0. The molecule has 1 N–H and O–H groups in total. The molecule has 0 spiro atoms. The van der Waals surface area contributed by atoms with Crippen LogP contribution >= 0.6 is 0 Å². The third-order valence-corrected chi connectivity index (χ3v) is 6.81. The molecule has 5 heteroatoms. The molecule has 4 saturated carbocycles. The van der Waals surface area contributed by atoms with Crippen molar-refractivity contribution in [1.82, 2.24) is 4.72 Å². The van der Waals surface area contributed by atoms with Crippen LogP contribution in [0.1, 0.15) is 19.3 Å². The Morgan fingerprint density at radius 1 is 1.07 bits per heavy atom. The van der Waals surface area contributed by atoms with Gasteiger partial charge < -0.3 is 0 Å². The number of sulfonamides is 1. The van der Waals surface area contributed by atoms with Crippen molar-refractivity contribution in [2.75, 3.05) is 0 Å². The minimum absolute atomic E-state index is 0.211. The summed E-state index contributed by atoms with van der Waals surface area (Å²) in [5.41, 5.74) is 0. The Bertz CT molecular complexity index is 457. The lowest BCUT2D eigenvalue weighted by Gasteiger charge is -2.42. The first-order chi connectivity index (χ1) is 7.09. The lowest BCUT2D eigenvalue weighted by Crippen LogP contribution is -2.47. The van der Waals surface area contributed by atoms with Crippen LogP contribution in [0.4, 0.5) is 0 Å². The summed E-state index contributed by atoms with van der Waals surface area (Å²) in [6, 6.07) is 0. The van der Waals surface area contributed by atoms with Gasteiger partial charge in [-0.1, -0.05) is 0 Å². The third kappa shape index (κ3) is 0.848. The molecule has 15 heavy (non-hydrogen) atoms. The van der Waals surface area contributed by atoms with Crippen LogP contribution in [0.2, 0.25) is 0 Å². The van der Waals surface area contributed by atoms with E-state index in [-0.39, 0.29) is 23.0 Å². The molecule has 6 atom stereocenters. The largest absolute Gasteiger partial charge is 0.274 e. The first-order valence-corrected chi connectivity index (χ1v) is 7.20. The van der Waals surface area contributed by atoms with Crippen molar-refractivity contribution in [3.05, 3.63) is 0 Å². The number of nitrogens with one attached hydrogen (secondary N) is 1. The number of amides is 1. The second-order valence-corrected chi connectivity index (χ2v) is 7.31. The van der Waals surface area contributed by atoms with Crippen LogP contribution in [0, 0.1) is 29.6 Å². The monoisotopic (exact) mass is 227 g/mol. The van der Waals surface area contributed by atoms with Crippen LogP contribution in [0.5, 0.6) is 0 Å². The van der Waals surface area contributed by atoms with Crippen molar-refractivity contribution in [3.63, 3.8) is 0 Å². The zero-order valence-corrected chi connectivity index (χ0v) is 9.03. The van der Waals surface area contributed by atoms with Crippen molar-refractivity contribution >= 4 is 15.9 Å². The van der Waals surface area contributed by atoms with Crippen molar-refractivity contribution in [3.8, 4) is 0 Å². The number of fused-ring (bicyclic) bond motifs is 1. The molecule has 5 aliphatic rings. The Kier molecular flexibility index (Phi) is 1.28. The fourth-order valence-corrected chi connectivity index (χ4v) is 6.50. The second-order valence-electron chi connectivity index (χ2n) is 5.47. The van der Waals surface area contributed by atoms with E-state index in [1.807, 2.05) is 0 Å². The topological polar surface area (TPSA) is 63.2 Å². The van der Waals surface area contributed by atoms with E-state index < -0.39 is 10.0 Å². The van der Waals surface area contributed by atoms with Gasteiger partial charge in [0.1, 0.15) is 0 Å². The molecule has 1 heterocycles. The molecule has 6 unspecified atom stereocenters. The molecule has 2 bridgehead atoms. The van der Waals surface area contributed by atoms with Gasteiger partial charge in [0, 0.05) is 0 Å². The Hall–Kier alpha value is -0.580. The molecule has 5 fully saturated rings. The normalized spacial score (nSPS) is 58.3. The molecule has 5 rings (SSSR count). The number of carbonyl (C=O) groups is 1. The fourth-order valence-electron chi connectivity index (χ4n) is 4.44. The predicted octanol–water partition coefficient (Wildman–Crippen LogP) is 0.107. The molecular formula is C10H13NO3S. The molecule has 0 radical (unpaired) electrons. The number of rotatable bonds is 0. The van der Waals surface area contributed by atoms with Gasteiger partial charge in [-0.2, -0.15) is 0 Å².